The van der Waals surface area contributed by atoms with E-state index >= 15 is 0 Å². The molecule has 1 spiro atoms. The molecule has 2 fully saturated rings. The molecule has 0 aliphatic heterocycles. The van der Waals surface area contributed by atoms with Crippen molar-refractivity contribution in [3.63, 3.8) is 0 Å². The number of ether oxygens (including phenoxy) is 2. The van der Waals surface area contributed by atoms with E-state index in [4.69, 9.17) is 9.47 Å². The summed E-state index contributed by atoms with van der Waals surface area (Å²) in [5.74, 6) is -0.831. The number of carbonyl (C=O) groups is 2. The summed E-state index contributed by atoms with van der Waals surface area (Å²) in [5, 5.41) is 0. The van der Waals surface area contributed by atoms with Crippen molar-refractivity contribution in [1.82, 2.24) is 0 Å². The fourth-order valence-electron chi connectivity index (χ4n) is 3.30. The van der Waals surface area contributed by atoms with Crippen LogP contribution in [0.3, 0.4) is 0 Å². The van der Waals surface area contributed by atoms with E-state index in [-0.39, 0.29) is 5.41 Å². The van der Waals surface area contributed by atoms with Gasteiger partial charge in [-0.2, -0.15) is 0 Å². The molecule has 0 aromatic heterocycles. The van der Waals surface area contributed by atoms with Crippen molar-refractivity contribution in [2.75, 3.05) is 14.2 Å². The first kappa shape index (κ1) is 11.4. The first-order chi connectivity index (χ1) is 7.63. The largest absolute Gasteiger partial charge is 0.468 e. The van der Waals surface area contributed by atoms with Crippen molar-refractivity contribution in [3.05, 3.63) is 0 Å². The SMILES string of the molecule is COC(=O)C1(C(=O)OC)CC12CCCCC2. The quantitative estimate of drug-likeness (QED) is 0.531. The van der Waals surface area contributed by atoms with Gasteiger partial charge in [-0.1, -0.05) is 19.3 Å². The summed E-state index contributed by atoms with van der Waals surface area (Å²) in [7, 11) is 2.67. The summed E-state index contributed by atoms with van der Waals surface area (Å²) in [6.07, 6.45) is 5.87. The summed E-state index contributed by atoms with van der Waals surface area (Å²) in [4.78, 5) is 23.7. The number of hydrogen-bond acceptors (Lipinski definition) is 4. The highest BCUT2D eigenvalue weighted by Gasteiger charge is 2.77. The average molecular weight is 226 g/mol. The van der Waals surface area contributed by atoms with Gasteiger partial charge in [-0.25, -0.2) is 0 Å². The summed E-state index contributed by atoms with van der Waals surface area (Å²) >= 11 is 0. The lowest BCUT2D eigenvalue weighted by Crippen LogP contribution is -2.35. The van der Waals surface area contributed by atoms with Crippen molar-refractivity contribution in [1.29, 1.82) is 0 Å². The molecular formula is C12H18O4. The number of methoxy groups -OCH3 is 2. The van der Waals surface area contributed by atoms with Crippen molar-refractivity contribution >= 4 is 11.9 Å². The lowest BCUT2D eigenvalue weighted by molar-refractivity contribution is -0.164. The molecule has 4 heteroatoms. The van der Waals surface area contributed by atoms with Gasteiger partial charge in [0.05, 0.1) is 14.2 Å². The first-order valence-corrected chi connectivity index (χ1v) is 5.80. The van der Waals surface area contributed by atoms with Gasteiger partial charge in [-0.15, -0.1) is 0 Å². The van der Waals surface area contributed by atoms with Crippen molar-refractivity contribution in [2.24, 2.45) is 10.8 Å². The Bertz CT molecular complexity index is 299. The zero-order valence-electron chi connectivity index (χ0n) is 9.88. The van der Waals surface area contributed by atoms with Gasteiger partial charge in [-0.05, 0) is 24.7 Å². The zero-order valence-corrected chi connectivity index (χ0v) is 9.88. The molecule has 2 rings (SSSR count). The van der Waals surface area contributed by atoms with Crippen LogP contribution in [0.2, 0.25) is 0 Å². The van der Waals surface area contributed by atoms with Crippen LogP contribution in [0, 0.1) is 10.8 Å². The Morgan fingerprint density at radius 2 is 1.44 bits per heavy atom. The minimum absolute atomic E-state index is 0.161. The van der Waals surface area contributed by atoms with Crippen LogP contribution < -0.4 is 0 Å². The topological polar surface area (TPSA) is 52.6 Å². The molecule has 0 radical (unpaired) electrons. The Labute approximate surface area is 95.3 Å². The van der Waals surface area contributed by atoms with Crippen molar-refractivity contribution in [3.8, 4) is 0 Å². The molecule has 16 heavy (non-hydrogen) atoms. The van der Waals surface area contributed by atoms with E-state index in [1.54, 1.807) is 0 Å². The van der Waals surface area contributed by atoms with Crippen LogP contribution in [0.25, 0.3) is 0 Å². The molecule has 0 heterocycles. The third-order valence-electron chi connectivity index (χ3n) is 4.26. The maximum absolute atomic E-state index is 11.8. The number of rotatable bonds is 2. The number of carbonyl (C=O) groups excluding carboxylic acids is 2. The standard InChI is InChI=1S/C12H18O4/c1-15-9(13)12(10(14)16-2)8-11(12)6-4-3-5-7-11/h3-8H2,1-2H3. The summed E-state index contributed by atoms with van der Waals surface area (Å²) in [6, 6.07) is 0. The molecule has 0 unspecified atom stereocenters. The van der Waals surface area contributed by atoms with Crippen molar-refractivity contribution < 1.29 is 19.1 Å². The highest BCUT2D eigenvalue weighted by Crippen LogP contribution is 2.71. The highest BCUT2D eigenvalue weighted by molar-refractivity contribution is 6.05. The van der Waals surface area contributed by atoms with E-state index in [2.05, 4.69) is 0 Å². The van der Waals surface area contributed by atoms with Crippen LogP contribution >= 0.6 is 0 Å². The highest BCUT2D eigenvalue weighted by atomic mass is 16.5. The predicted molar refractivity (Wildman–Crippen MR) is 56.6 cm³/mol. The molecule has 2 aliphatic carbocycles. The molecular weight excluding hydrogens is 208 g/mol. The van der Waals surface area contributed by atoms with Crippen LogP contribution in [0.15, 0.2) is 0 Å². The summed E-state index contributed by atoms with van der Waals surface area (Å²) < 4.78 is 9.58. The van der Waals surface area contributed by atoms with E-state index in [0.29, 0.717) is 6.42 Å². The fourth-order valence-corrected chi connectivity index (χ4v) is 3.30. The summed E-state index contributed by atoms with van der Waals surface area (Å²) in [6.45, 7) is 0. The minimum Gasteiger partial charge on any atom is -0.468 e. The van der Waals surface area contributed by atoms with E-state index in [1.165, 1.54) is 20.6 Å². The second kappa shape index (κ2) is 3.75. The molecule has 90 valence electrons. The Kier molecular flexibility index (Phi) is 2.68. The second-order valence-electron chi connectivity index (χ2n) is 4.91. The molecule has 0 aromatic rings. The minimum atomic E-state index is -0.989. The molecule has 0 N–H and O–H groups in total. The Morgan fingerprint density at radius 1 is 0.938 bits per heavy atom. The van der Waals surface area contributed by atoms with E-state index in [9.17, 15) is 9.59 Å². The van der Waals surface area contributed by atoms with Gasteiger partial charge in [-0.3, -0.25) is 9.59 Å². The lowest BCUT2D eigenvalue weighted by Gasteiger charge is -2.26. The Morgan fingerprint density at radius 3 is 1.88 bits per heavy atom. The second-order valence-corrected chi connectivity index (χ2v) is 4.91. The van der Waals surface area contributed by atoms with Crippen molar-refractivity contribution in [2.45, 2.75) is 38.5 Å². The van der Waals surface area contributed by atoms with Crippen LogP contribution in [0.5, 0.6) is 0 Å². The smallest absolute Gasteiger partial charge is 0.323 e. The maximum atomic E-state index is 11.8. The predicted octanol–water partition coefficient (Wildman–Crippen LogP) is 1.67. The van der Waals surface area contributed by atoms with Crippen LogP contribution in [-0.4, -0.2) is 26.2 Å². The molecule has 2 aliphatic rings. The molecule has 0 atom stereocenters. The van der Waals surface area contributed by atoms with Gasteiger partial charge in [0, 0.05) is 0 Å². The van der Waals surface area contributed by atoms with Gasteiger partial charge in [0.25, 0.3) is 0 Å². The molecule has 4 nitrogen and oxygen atoms in total. The first-order valence-electron chi connectivity index (χ1n) is 5.80. The fraction of sp³-hybridized carbons (Fsp3) is 0.833. The van der Waals surface area contributed by atoms with Crippen LogP contribution in [-0.2, 0) is 19.1 Å². The molecule has 0 bridgehead atoms. The monoisotopic (exact) mass is 226 g/mol. The molecule has 2 saturated carbocycles. The third kappa shape index (κ3) is 1.28. The van der Waals surface area contributed by atoms with E-state index < -0.39 is 17.4 Å². The van der Waals surface area contributed by atoms with Crippen LogP contribution in [0.1, 0.15) is 38.5 Å². The molecule has 0 aromatic carbocycles. The normalized spacial score (nSPS) is 24.9. The number of hydrogen-bond donors (Lipinski definition) is 0. The zero-order chi connectivity index (χ0) is 11.8. The molecule has 0 saturated heterocycles. The van der Waals surface area contributed by atoms with Gasteiger partial charge < -0.3 is 9.47 Å². The van der Waals surface area contributed by atoms with E-state index in [0.717, 1.165) is 25.7 Å². The van der Waals surface area contributed by atoms with Gasteiger partial charge in [0.2, 0.25) is 0 Å². The van der Waals surface area contributed by atoms with Gasteiger partial charge >= 0.3 is 11.9 Å². The van der Waals surface area contributed by atoms with Crippen LogP contribution in [0.4, 0.5) is 0 Å². The average Bonchev–Trinajstić information content (AvgIpc) is 2.97. The third-order valence-corrected chi connectivity index (χ3v) is 4.26. The maximum Gasteiger partial charge on any atom is 0.323 e. The van der Waals surface area contributed by atoms with Gasteiger partial charge in [0.1, 0.15) is 0 Å². The molecule has 0 amide bonds. The Hall–Kier alpha value is -1.06. The van der Waals surface area contributed by atoms with E-state index in [1.807, 2.05) is 0 Å². The lowest BCUT2D eigenvalue weighted by atomic mass is 9.79. The van der Waals surface area contributed by atoms with Gasteiger partial charge in [0.15, 0.2) is 5.41 Å². The number of esters is 2. The summed E-state index contributed by atoms with van der Waals surface area (Å²) in [5.41, 5.74) is -1.15. The Balaban J connectivity index is 2.26.